The smallest absolute Gasteiger partial charge is 0.279 e. The van der Waals surface area contributed by atoms with Gasteiger partial charge in [-0.1, -0.05) is 35.3 Å². The van der Waals surface area contributed by atoms with Crippen LogP contribution in [0, 0.1) is 0 Å². The highest BCUT2D eigenvalue weighted by atomic mass is 35.5. The number of furan rings is 1. The van der Waals surface area contributed by atoms with Gasteiger partial charge in [-0.25, -0.2) is 0 Å². The Morgan fingerprint density at radius 3 is 2.19 bits per heavy atom. The summed E-state index contributed by atoms with van der Waals surface area (Å²) in [7, 11) is -3.88. The Balaban J connectivity index is 1.78. The summed E-state index contributed by atoms with van der Waals surface area (Å²) in [6.07, 6.45) is 1.91. The quantitative estimate of drug-likeness (QED) is 0.587. The van der Waals surface area contributed by atoms with E-state index in [1.165, 1.54) is 30.5 Å². The van der Waals surface area contributed by atoms with Gasteiger partial charge in [0.15, 0.2) is 0 Å². The van der Waals surface area contributed by atoms with E-state index in [9.17, 15) is 8.42 Å². The molecule has 2 heterocycles. The highest BCUT2D eigenvalue weighted by Crippen LogP contribution is 2.37. The number of benzene rings is 2. The zero-order chi connectivity index (χ0) is 19.0. The van der Waals surface area contributed by atoms with Crippen LogP contribution in [-0.4, -0.2) is 18.5 Å². The molecular weight excluding hydrogens is 407 g/mol. The molecule has 0 saturated carbocycles. The molecule has 2 aromatic carbocycles. The van der Waals surface area contributed by atoms with Crippen LogP contribution in [-0.2, 0) is 10.0 Å². The minimum absolute atomic E-state index is 0.115. The lowest BCUT2D eigenvalue weighted by Crippen LogP contribution is -2.27. The fraction of sp³-hybridized carbons (Fsp3) is 0.105. The fourth-order valence-electron chi connectivity index (χ4n) is 2.93. The third-order valence-electron chi connectivity index (χ3n) is 4.28. The first-order valence-electron chi connectivity index (χ1n) is 8.12. The van der Waals surface area contributed by atoms with Crippen LogP contribution in [0.3, 0.4) is 0 Å². The molecule has 0 saturated heterocycles. The van der Waals surface area contributed by atoms with Crippen molar-refractivity contribution in [2.75, 3.05) is 0 Å². The van der Waals surface area contributed by atoms with Gasteiger partial charge in [0.1, 0.15) is 11.8 Å². The van der Waals surface area contributed by atoms with Crippen LogP contribution in [0.15, 0.2) is 81.3 Å². The summed E-state index contributed by atoms with van der Waals surface area (Å²) >= 11 is 11.8. The summed E-state index contributed by atoms with van der Waals surface area (Å²) in [5, 5.41) is 5.49. The van der Waals surface area contributed by atoms with Gasteiger partial charge in [0, 0.05) is 16.5 Å². The first-order valence-corrected chi connectivity index (χ1v) is 10.3. The van der Waals surface area contributed by atoms with Crippen molar-refractivity contribution in [3.05, 3.63) is 88.3 Å². The van der Waals surface area contributed by atoms with Crippen molar-refractivity contribution in [1.82, 2.24) is 4.41 Å². The highest BCUT2D eigenvalue weighted by molar-refractivity contribution is 7.89. The van der Waals surface area contributed by atoms with Crippen molar-refractivity contribution in [3.8, 4) is 0 Å². The van der Waals surface area contributed by atoms with Crippen LogP contribution < -0.4 is 0 Å². The summed E-state index contributed by atoms with van der Waals surface area (Å²) in [6.45, 7) is 0. The van der Waals surface area contributed by atoms with Gasteiger partial charge in [0.2, 0.25) is 0 Å². The predicted molar refractivity (Wildman–Crippen MR) is 105 cm³/mol. The molecule has 0 amide bonds. The third kappa shape index (κ3) is 3.48. The van der Waals surface area contributed by atoms with Gasteiger partial charge < -0.3 is 4.42 Å². The van der Waals surface area contributed by atoms with Crippen LogP contribution in [0.2, 0.25) is 10.0 Å². The molecule has 1 aromatic heterocycles. The fourth-order valence-corrected chi connectivity index (χ4v) is 4.60. The second-order valence-electron chi connectivity index (χ2n) is 6.02. The maximum absolute atomic E-state index is 13.2. The Labute approximate surface area is 166 Å². The van der Waals surface area contributed by atoms with Gasteiger partial charge in [-0.2, -0.15) is 17.9 Å². The van der Waals surface area contributed by atoms with Gasteiger partial charge in [0.25, 0.3) is 10.0 Å². The highest BCUT2D eigenvalue weighted by Gasteiger charge is 2.39. The van der Waals surface area contributed by atoms with E-state index in [0.29, 0.717) is 27.9 Å². The van der Waals surface area contributed by atoms with Gasteiger partial charge in [-0.3, -0.25) is 0 Å². The van der Waals surface area contributed by atoms with Crippen LogP contribution in [0.25, 0.3) is 0 Å². The van der Waals surface area contributed by atoms with Crippen molar-refractivity contribution in [1.29, 1.82) is 0 Å². The summed E-state index contributed by atoms with van der Waals surface area (Å²) in [5.41, 5.74) is 1.45. The minimum Gasteiger partial charge on any atom is -0.467 e. The number of hydrogen-bond donors (Lipinski definition) is 0. The molecule has 0 spiro atoms. The monoisotopic (exact) mass is 420 g/mol. The number of hydrogen-bond acceptors (Lipinski definition) is 4. The molecule has 0 fully saturated rings. The molecule has 5 nitrogen and oxygen atoms in total. The lowest BCUT2D eigenvalue weighted by molar-refractivity contribution is 0.320. The largest absolute Gasteiger partial charge is 0.467 e. The van der Waals surface area contributed by atoms with E-state index in [-0.39, 0.29) is 4.90 Å². The van der Waals surface area contributed by atoms with Crippen LogP contribution in [0.5, 0.6) is 0 Å². The average molecular weight is 421 g/mol. The van der Waals surface area contributed by atoms with Crippen molar-refractivity contribution in [3.63, 3.8) is 0 Å². The maximum Gasteiger partial charge on any atom is 0.279 e. The van der Waals surface area contributed by atoms with Crippen molar-refractivity contribution >= 4 is 38.9 Å². The van der Waals surface area contributed by atoms with Crippen molar-refractivity contribution < 1.29 is 12.8 Å². The molecule has 0 bridgehead atoms. The number of nitrogens with zero attached hydrogens (tertiary/aromatic N) is 2. The van der Waals surface area contributed by atoms with Crippen LogP contribution >= 0.6 is 23.2 Å². The Morgan fingerprint density at radius 2 is 1.59 bits per heavy atom. The second kappa shape index (κ2) is 7.03. The van der Waals surface area contributed by atoms with Crippen LogP contribution in [0.4, 0.5) is 0 Å². The molecule has 4 rings (SSSR count). The zero-order valence-corrected chi connectivity index (χ0v) is 16.2. The van der Waals surface area contributed by atoms with Crippen molar-refractivity contribution in [2.45, 2.75) is 17.4 Å². The van der Waals surface area contributed by atoms with E-state index in [0.717, 1.165) is 9.98 Å². The summed E-state index contributed by atoms with van der Waals surface area (Å²) in [4.78, 5) is 0.115. The SMILES string of the molecule is O=S(=O)(c1ccc(Cl)cc1)N1N=C(c2ccc(Cl)cc2)C[C@@H]1c1ccco1. The number of sulfonamides is 1. The lowest BCUT2D eigenvalue weighted by atomic mass is 10.0. The molecule has 0 aliphatic carbocycles. The molecule has 27 heavy (non-hydrogen) atoms. The first-order chi connectivity index (χ1) is 12.9. The van der Waals surface area contributed by atoms with E-state index in [2.05, 4.69) is 5.10 Å². The summed E-state index contributed by atoms with van der Waals surface area (Å²) in [6, 6.07) is 16.0. The van der Waals surface area contributed by atoms with Gasteiger partial charge in [-0.15, -0.1) is 0 Å². The standard InChI is InChI=1S/C19H14Cl2N2O3S/c20-14-5-3-13(4-6-14)17-12-18(19-2-1-11-26-19)23(22-17)27(24,25)16-9-7-15(21)8-10-16/h1-11,18H,12H2/t18-/m1/s1. The zero-order valence-electron chi connectivity index (χ0n) is 13.9. The predicted octanol–water partition coefficient (Wildman–Crippen LogP) is 5.13. The second-order valence-corrected chi connectivity index (χ2v) is 8.69. The summed E-state index contributed by atoms with van der Waals surface area (Å²) < 4.78 is 33.0. The minimum atomic E-state index is -3.88. The Hall–Kier alpha value is -2.28. The third-order valence-corrected chi connectivity index (χ3v) is 6.48. The van der Waals surface area contributed by atoms with E-state index < -0.39 is 16.1 Å². The first kappa shape index (κ1) is 18.1. The molecule has 3 aromatic rings. The normalized spacial score (nSPS) is 17.2. The topological polar surface area (TPSA) is 62.9 Å². The van der Waals surface area contributed by atoms with E-state index in [1.54, 1.807) is 24.3 Å². The molecule has 0 unspecified atom stereocenters. The molecule has 0 radical (unpaired) electrons. The number of hydrazone groups is 1. The molecular formula is C19H14Cl2N2O3S. The van der Waals surface area contributed by atoms with E-state index >= 15 is 0 Å². The van der Waals surface area contributed by atoms with Gasteiger partial charge in [0.05, 0.1) is 16.9 Å². The molecule has 1 atom stereocenters. The molecule has 138 valence electrons. The van der Waals surface area contributed by atoms with Gasteiger partial charge in [-0.05, 0) is 54.1 Å². The van der Waals surface area contributed by atoms with E-state index in [4.69, 9.17) is 27.6 Å². The average Bonchev–Trinajstić information content (AvgIpc) is 3.32. The Morgan fingerprint density at radius 1 is 0.963 bits per heavy atom. The van der Waals surface area contributed by atoms with Gasteiger partial charge >= 0.3 is 0 Å². The Bertz CT molecular complexity index is 1080. The molecule has 0 N–H and O–H groups in total. The molecule has 1 aliphatic rings. The molecule has 1 aliphatic heterocycles. The lowest BCUT2D eigenvalue weighted by Gasteiger charge is -2.21. The number of rotatable bonds is 4. The summed E-state index contributed by atoms with van der Waals surface area (Å²) in [5.74, 6) is 0.528. The van der Waals surface area contributed by atoms with Crippen LogP contribution in [0.1, 0.15) is 23.8 Å². The van der Waals surface area contributed by atoms with Crippen molar-refractivity contribution in [2.24, 2.45) is 5.10 Å². The van der Waals surface area contributed by atoms with E-state index in [1.807, 2.05) is 12.1 Å². The number of halogens is 2. The molecule has 8 heteroatoms. The Kier molecular flexibility index (Phi) is 4.72. The maximum atomic E-state index is 13.2.